The minimum Gasteiger partial charge on any atom is -0.497 e. The fourth-order valence-electron chi connectivity index (χ4n) is 2.26. The summed E-state index contributed by atoms with van der Waals surface area (Å²) in [6.45, 7) is 1.91. The van der Waals surface area contributed by atoms with Crippen LogP contribution in [0.5, 0.6) is 11.5 Å². The molecular formula is C17H20N2O3S. The van der Waals surface area contributed by atoms with Gasteiger partial charge in [0.05, 0.1) is 25.8 Å². The highest BCUT2D eigenvalue weighted by Gasteiger charge is 2.18. The Balaban J connectivity index is 2.24. The Morgan fingerprint density at radius 1 is 1.26 bits per heavy atom. The fourth-order valence-corrected chi connectivity index (χ4v) is 2.80. The van der Waals surface area contributed by atoms with E-state index in [9.17, 15) is 4.79 Å². The quantitative estimate of drug-likeness (QED) is 0.822. The van der Waals surface area contributed by atoms with E-state index in [4.69, 9.17) is 9.47 Å². The fraction of sp³-hybridized carbons (Fsp3) is 0.294. The van der Waals surface area contributed by atoms with Gasteiger partial charge in [-0.25, -0.2) is 4.98 Å². The predicted molar refractivity (Wildman–Crippen MR) is 91.4 cm³/mol. The Morgan fingerprint density at radius 2 is 2.04 bits per heavy atom. The normalized spacial score (nSPS) is 11.7. The molecule has 0 aliphatic rings. The van der Waals surface area contributed by atoms with Gasteiger partial charge in [0, 0.05) is 11.8 Å². The zero-order valence-electron chi connectivity index (χ0n) is 13.6. The van der Waals surface area contributed by atoms with Gasteiger partial charge in [-0.05, 0) is 43.5 Å². The van der Waals surface area contributed by atoms with Crippen LogP contribution in [0.15, 0.2) is 41.6 Å². The summed E-state index contributed by atoms with van der Waals surface area (Å²) in [5.74, 6) is 1.25. The number of methoxy groups -OCH3 is 2. The van der Waals surface area contributed by atoms with E-state index in [1.807, 2.05) is 31.4 Å². The number of benzene rings is 1. The van der Waals surface area contributed by atoms with Gasteiger partial charge in [0.2, 0.25) is 0 Å². The summed E-state index contributed by atoms with van der Waals surface area (Å²) < 4.78 is 10.6. The van der Waals surface area contributed by atoms with Crippen molar-refractivity contribution in [3.63, 3.8) is 0 Å². The van der Waals surface area contributed by atoms with Crippen molar-refractivity contribution in [2.75, 3.05) is 20.5 Å². The largest absolute Gasteiger partial charge is 0.497 e. The van der Waals surface area contributed by atoms with Gasteiger partial charge in [0.15, 0.2) is 0 Å². The smallest absolute Gasteiger partial charge is 0.254 e. The molecule has 0 saturated carbocycles. The predicted octanol–water partition coefficient (Wildman–Crippen LogP) is 3.31. The Bertz CT molecular complexity index is 691. The minimum atomic E-state index is -0.234. The molecule has 2 rings (SSSR count). The van der Waals surface area contributed by atoms with E-state index in [1.54, 1.807) is 32.5 Å². The number of carbonyl (C=O) groups is 1. The lowest BCUT2D eigenvalue weighted by atomic mass is 10.1. The van der Waals surface area contributed by atoms with Crippen molar-refractivity contribution in [1.29, 1.82) is 0 Å². The van der Waals surface area contributed by atoms with Crippen molar-refractivity contribution in [2.45, 2.75) is 18.0 Å². The second-order valence-corrected chi connectivity index (χ2v) is 5.66. The third kappa shape index (κ3) is 3.96. The molecule has 0 unspecified atom stereocenters. The number of pyridine rings is 1. The monoisotopic (exact) mass is 332 g/mol. The van der Waals surface area contributed by atoms with E-state index in [1.165, 1.54) is 11.8 Å². The number of nitrogens with zero attached hydrogens (tertiary/aromatic N) is 1. The van der Waals surface area contributed by atoms with Crippen molar-refractivity contribution in [2.24, 2.45) is 0 Å². The van der Waals surface area contributed by atoms with Crippen LogP contribution in [-0.2, 0) is 0 Å². The van der Waals surface area contributed by atoms with E-state index in [2.05, 4.69) is 10.3 Å². The molecular weight excluding hydrogens is 312 g/mol. The van der Waals surface area contributed by atoms with Gasteiger partial charge in [-0.3, -0.25) is 4.79 Å². The average molecular weight is 332 g/mol. The SMILES string of the molecule is COc1ccc(OC)c([C@@H](C)NC(=O)c2cccnc2SC)c1. The van der Waals surface area contributed by atoms with Crippen molar-refractivity contribution < 1.29 is 14.3 Å². The number of ether oxygens (including phenoxy) is 2. The minimum absolute atomic E-state index is 0.167. The molecule has 6 heteroatoms. The van der Waals surface area contributed by atoms with Crippen LogP contribution in [0.2, 0.25) is 0 Å². The standard InChI is InChI=1S/C17H20N2O3S/c1-11(14-10-12(21-2)7-8-15(14)22-3)19-16(20)13-6-5-9-18-17(13)23-4/h5-11H,1-4H3,(H,19,20)/t11-/m1/s1. The highest BCUT2D eigenvalue weighted by Crippen LogP contribution is 2.29. The molecule has 0 radical (unpaired) electrons. The van der Waals surface area contributed by atoms with Crippen molar-refractivity contribution in [1.82, 2.24) is 10.3 Å². The van der Waals surface area contributed by atoms with E-state index >= 15 is 0 Å². The van der Waals surface area contributed by atoms with Gasteiger partial charge < -0.3 is 14.8 Å². The molecule has 23 heavy (non-hydrogen) atoms. The van der Waals surface area contributed by atoms with Crippen LogP contribution in [0.1, 0.15) is 28.9 Å². The van der Waals surface area contributed by atoms with Gasteiger partial charge in [0.1, 0.15) is 16.5 Å². The maximum atomic E-state index is 12.5. The molecule has 0 spiro atoms. The number of aromatic nitrogens is 1. The second-order valence-electron chi connectivity index (χ2n) is 4.86. The molecule has 1 heterocycles. The van der Waals surface area contributed by atoms with Crippen molar-refractivity contribution in [3.05, 3.63) is 47.7 Å². The number of hydrogen-bond acceptors (Lipinski definition) is 5. The van der Waals surface area contributed by atoms with Crippen LogP contribution >= 0.6 is 11.8 Å². The van der Waals surface area contributed by atoms with Crippen molar-refractivity contribution >= 4 is 17.7 Å². The molecule has 0 saturated heterocycles. The van der Waals surface area contributed by atoms with E-state index < -0.39 is 0 Å². The van der Waals surface area contributed by atoms with Crippen LogP contribution in [-0.4, -0.2) is 31.4 Å². The number of thioether (sulfide) groups is 1. The van der Waals surface area contributed by atoms with Crippen LogP contribution in [0.3, 0.4) is 0 Å². The van der Waals surface area contributed by atoms with Crippen LogP contribution in [0, 0.1) is 0 Å². The number of rotatable bonds is 6. The van der Waals surface area contributed by atoms with Crippen LogP contribution in [0.4, 0.5) is 0 Å². The summed E-state index contributed by atoms with van der Waals surface area (Å²) in [6, 6.07) is 8.80. The molecule has 122 valence electrons. The first-order valence-corrected chi connectivity index (χ1v) is 8.35. The number of hydrogen-bond donors (Lipinski definition) is 1. The Kier molecular flexibility index (Phi) is 5.87. The second kappa shape index (κ2) is 7.87. The third-order valence-electron chi connectivity index (χ3n) is 3.46. The zero-order chi connectivity index (χ0) is 16.8. The molecule has 1 aromatic carbocycles. The number of amides is 1. The highest BCUT2D eigenvalue weighted by molar-refractivity contribution is 7.98. The molecule has 0 aliphatic heterocycles. The maximum Gasteiger partial charge on any atom is 0.254 e. The first-order valence-electron chi connectivity index (χ1n) is 7.12. The van der Waals surface area contributed by atoms with Crippen LogP contribution < -0.4 is 14.8 Å². The first kappa shape index (κ1) is 17.1. The highest BCUT2D eigenvalue weighted by atomic mass is 32.2. The summed E-state index contributed by atoms with van der Waals surface area (Å²) in [7, 11) is 3.21. The van der Waals surface area contributed by atoms with E-state index in [-0.39, 0.29) is 11.9 Å². The summed E-state index contributed by atoms with van der Waals surface area (Å²) >= 11 is 1.44. The Morgan fingerprint density at radius 3 is 2.70 bits per heavy atom. The lowest BCUT2D eigenvalue weighted by Crippen LogP contribution is -2.27. The number of carbonyl (C=O) groups excluding carboxylic acids is 1. The van der Waals surface area contributed by atoms with Gasteiger partial charge in [-0.2, -0.15) is 0 Å². The summed E-state index contributed by atoms with van der Waals surface area (Å²) in [6.07, 6.45) is 3.57. The van der Waals surface area contributed by atoms with E-state index in [0.29, 0.717) is 22.1 Å². The maximum absolute atomic E-state index is 12.5. The molecule has 1 amide bonds. The lowest BCUT2D eigenvalue weighted by Gasteiger charge is -2.18. The lowest BCUT2D eigenvalue weighted by molar-refractivity contribution is 0.0935. The Hall–Kier alpha value is -2.21. The summed E-state index contributed by atoms with van der Waals surface area (Å²) in [4.78, 5) is 16.7. The summed E-state index contributed by atoms with van der Waals surface area (Å²) in [5.41, 5.74) is 1.42. The molecule has 1 aromatic heterocycles. The molecule has 0 bridgehead atoms. The van der Waals surface area contributed by atoms with Gasteiger partial charge >= 0.3 is 0 Å². The third-order valence-corrected chi connectivity index (χ3v) is 4.17. The van der Waals surface area contributed by atoms with Gasteiger partial charge in [-0.1, -0.05) is 0 Å². The Labute approximate surface area is 140 Å². The summed E-state index contributed by atoms with van der Waals surface area (Å²) in [5, 5.41) is 3.69. The first-order chi connectivity index (χ1) is 11.1. The van der Waals surface area contributed by atoms with E-state index in [0.717, 1.165) is 5.56 Å². The average Bonchev–Trinajstić information content (AvgIpc) is 2.60. The molecule has 2 aromatic rings. The number of nitrogens with one attached hydrogen (secondary N) is 1. The molecule has 1 atom stereocenters. The molecule has 1 N–H and O–H groups in total. The van der Waals surface area contributed by atoms with Gasteiger partial charge in [-0.15, -0.1) is 11.8 Å². The molecule has 0 aliphatic carbocycles. The van der Waals surface area contributed by atoms with Crippen LogP contribution in [0.25, 0.3) is 0 Å². The molecule has 5 nitrogen and oxygen atoms in total. The topological polar surface area (TPSA) is 60.5 Å². The van der Waals surface area contributed by atoms with Crippen molar-refractivity contribution in [3.8, 4) is 11.5 Å². The molecule has 0 fully saturated rings. The zero-order valence-corrected chi connectivity index (χ0v) is 14.4. The van der Waals surface area contributed by atoms with Gasteiger partial charge in [0.25, 0.3) is 5.91 Å².